The maximum atomic E-state index is 12.7. The van der Waals surface area contributed by atoms with Gasteiger partial charge in [0.1, 0.15) is 6.61 Å². The van der Waals surface area contributed by atoms with Crippen LogP contribution in [0, 0.1) is 0 Å². The second-order valence-electron chi connectivity index (χ2n) is 7.14. The van der Waals surface area contributed by atoms with Gasteiger partial charge in [-0.2, -0.15) is 0 Å². The molecule has 0 radical (unpaired) electrons. The number of fused-ring (bicyclic) bond motifs is 1. The number of nitrogens with zero attached hydrogens (tertiary/aromatic N) is 1. The number of hydrogen-bond donors (Lipinski definition) is 1. The van der Waals surface area contributed by atoms with Crippen LogP contribution in [0.3, 0.4) is 0 Å². The minimum Gasteiger partial charge on any atom is -0.485 e. The van der Waals surface area contributed by atoms with Crippen LogP contribution in [0.1, 0.15) is 35.2 Å². The Morgan fingerprint density at radius 1 is 1.00 bits per heavy atom. The Hall–Kier alpha value is -3.02. The Balaban J connectivity index is 1.35. The van der Waals surface area contributed by atoms with Gasteiger partial charge in [-0.15, -0.1) is 0 Å². The number of para-hydroxylation sites is 2. The fourth-order valence-corrected chi connectivity index (χ4v) is 3.55. The first-order chi connectivity index (χ1) is 13.7. The molecule has 1 N–H and O–H groups in total. The molecule has 2 aliphatic rings. The van der Waals surface area contributed by atoms with Crippen molar-refractivity contribution in [2.45, 2.75) is 31.9 Å². The monoisotopic (exact) mass is 380 g/mol. The van der Waals surface area contributed by atoms with Crippen LogP contribution in [0.5, 0.6) is 11.5 Å². The average Bonchev–Trinajstić information content (AvgIpc) is 2.77. The van der Waals surface area contributed by atoms with Gasteiger partial charge in [-0.25, -0.2) is 0 Å². The fourth-order valence-electron chi connectivity index (χ4n) is 3.55. The highest BCUT2D eigenvalue weighted by Crippen LogP contribution is 2.30. The van der Waals surface area contributed by atoms with Crippen molar-refractivity contribution >= 4 is 11.8 Å². The van der Waals surface area contributed by atoms with E-state index in [1.807, 2.05) is 47.4 Å². The summed E-state index contributed by atoms with van der Waals surface area (Å²) in [5.74, 6) is 1.05. The van der Waals surface area contributed by atoms with Gasteiger partial charge in [0.15, 0.2) is 11.5 Å². The molecule has 0 saturated carbocycles. The van der Waals surface area contributed by atoms with Crippen molar-refractivity contribution in [3.63, 3.8) is 0 Å². The van der Waals surface area contributed by atoms with Crippen molar-refractivity contribution in [3.8, 4) is 11.5 Å². The third-order valence-corrected chi connectivity index (χ3v) is 5.08. The van der Waals surface area contributed by atoms with Crippen LogP contribution in [0.2, 0.25) is 0 Å². The molecule has 0 aromatic heterocycles. The number of benzene rings is 2. The highest BCUT2D eigenvalue weighted by molar-refractivity contribution is 5.94. The van der Waals surface area contributed by atoms with E-state index in [9.17, 15) is 9.59 Å². The van der Waals surface area contributed by atoms with E-state index in [-0.39, 0.29) is 18.4 Å². The van der Waals surface area contributed by atoms with Crippen molar-refractivity contribution in [2.75, 3.05) is 19.7 Å². The number of hydrogen-bond acceptors (Lipinski definition) is 4. The quantitative estimate of drug-likeness (QED) is 0.886. The Morgan fingerprint density at radius 2 is 1.79 bits per heavy atom. The first-order valence-electron chi connectivity index (χ1n) is 9.75. The number of rotatable bonds is 4. The van der Waals surface area contributed by atoms with Gasteiger partial charge in [-0.3, -0.25) is 9.59 Å². The van der Waals surface area contributed by atoms with Crippen LogP contribution in [0.25, 0.3) is 0 Å². The van der Waals surface area contributed by atoms with E-state index < -0.39 is 6.10 Å². The summed E-state index contributed by atoms with van der Waals surface area (Å²) in [7, 11) is 0. The van der Waals surface area contributed by atoms with Crippen molar-refractivity contribution in [1.29, 1.82) is 0 Å². The molecule has 4 rings (SSSR count). The number of carbonyl (C=O) groups is 2. The normalized spacial score (nSPS) is 18.4. The van der Waals surface area contributed by atoms with Crippen molar-refractivity contribution in [1.82, 2.24) is 10.2 Å². The highest BCUT2D eigenvalue weighted by atomic mass is 16.6. The van der Waals surface area contributed by atoms with Crippen LogP contribution in [-0.4, -0.2) is 42.5 Å². The molecule has 2 heterocycles. The van der Waals surface area contributed by atoms with E-state index in [0.29, 0.717) is 23.6 Å². The molecule has 0 unspecified atom stereocenters. The van der Waals surface area contributed by atoms with E-state index in [1.165, 1.54) is 6.42 Å². The van der Waals surface area contributed by atoms with E-state index in [1.54, 1.807) is 6.07 Å². The number of amides is 2. The number of carbonyl (C=O) groups excluding carboxylic acids is 2. The Kier molecular flexibility index (Phi) is 5.46. The maximum Gasteiger partial charge on any atom is 0.264 e. The summed E-state index contributed by atoms with van der Waals surface area (Å²) < 4.78 is 11.3. The number of ether oxygens (including phenoxy) is 2. The third kappa shape index (κ3) is 4.11. The minimum atomic E-state index is -0.687. The van der Waals surface area contributed by atoms with Gasteiger partial charge in [0.25, 0.3) is 11.8 Å². The summed E-state index contributed by atoms with van der Waals surface area (Å²) in [4.78, 5) is 27.0. The lowest BCUT2D eigenvalue weighted by molar-refractivity contribution is -0.130. The Morgan fingerprint density at radius 3 is 2.61 bits per heavy atom. The summed E-state index contributed by atoms with van der Waals surface area (Å²) in [6.45, 7) is 2.15. The van der Waals surface area contributed by atoms with Gasteiger partial charge in [0, 0.05) is 25.2 Å². The molecule has 1 fully saturated rings. The molecule has 146 valence electrons. The molecule has 28 heavy (non-hydrogen) atoms. The molecule has 6 heteroatoms. The molecule has 1 atom stereocenters. The zero-order chi connectivity index (χ0) is 19.3. The molecule has 1 saturated heterocycles. The summed E-state index contributed by atoms with van der Waals surface area (Å²) in [6.07, 6.45) is 2.63. The molecule has 6 nitrogen and oxygen atoms in total. The van der Waals surface area contributed by atoms with Crippen molar-refractivity contribution < 1.29 is 19.1 Å². The van der Waals surface area contributed by atoms with Gasteiger partial charge in [0.05, 0.1) is 0 Å². The van der Waals surface area contributed by atoms with E-state index in [4.69, 9.17) is 9.47 Å². The standard InChI is InChI=1S/C22H24N2O4/c25-21(20-15-27-18-9-2-3-10-19(18)28-20)23-14-16-7-6-8-17(13-16)22(26)24-11-4-1-5-12-24/h2-3,6-10,13,20H,1,4-5,11-12,14-15H2,(H,23,25)/t20-/m1/s1. The number of piperidine rings is 1. The first kappa shape index (κ1) is 18.3. The summed E-state index contributed by atoms with van der Waals surface area (Å²) >= 11 is 0. The Labute approximate surface area is 164 Å². The molecule has 2 aliphatic heterocycles. The SMILES string of the molecule is O=C(NCc1cccc(C(=O)N2CCCCC2)c1)[C@H]1COc2ccccc2O1. The van der Waals surface area contributed by atoms with Gasteiger partial charge in [-0.1, -0.05) is 24.3 Å². The molecule has 0 aliphatic carbocycles. The topological polar surface area (TPSA) is 67.9 Å². The maximum absolute atomic E-state index is 12.7. The molecule has 0 spiro atoms. The lowest BCUT2D eigenvalue weighted by Crippen LogP contribution is -2.43. The predicted octanol–water partition coefficient (Wildman–Crippen LogP) is 2.77. The smallest absolute Gasteiger partial charge is 0.264 e. The zero-order valence-corrected chi connectivity index (χ0v) is 15.7. The molecular weight excluding hydrogens is 356 g/mol. The van der Waals surface area contributed by atoms with Crippen LogP contribution >= 0.6 is 0 Å². The zero-order valence-electron chi connectivity index (χ0n) is 15.7. The van der Waals surface area contributed by atoms with E-state index >= 15 is 0 Å². The average molecular weight is 380 g/mol. The van der Waals surface area contributed by atoms with Crippen LogP contribution in [0.4, 0.5) is 0 Å². The first-order valence-corrected chi connectivity index (χ1v) is 9.75. The third-order valence-electron chi connectivity index (χ3n) is 5.08. The molecule has 2 aromatic rings. The van der Waals surface area contributed by atoms with Crippen molar-refractivity contribution in [2.24, 2.45) is 0 Å². The lowest BCUT2D eigenvalue weighted by Gasteiger charge is -2.27. The van der Waals surface area contributed by atoms with Gasteiger partial charge >= 0.3 is 0 Å². The molecule has 2 amide bonds. The second-order valence-corrected chi connectivity index (χ2v) is 7.14. The predicted molar refractivity (Wildman–Crippen MR) is 104 cm³/mol. The summed E-state index contributed by atoms with van der Waals surface area (Å²) in [5, 5.41) is 2.88. The molecule has 2 aromatic carbocycles. The van der Waals surface area contributed by atoms with Gasteiger partial charge < -0.3 is 19.7 Å². The van der Waals surface area contributed by atoms with E-state index in [0.717, 1.165) is 31.5 Å². The minimum absolute atomic E-state index is 0.0634. The van der Waals surface area contributed by atoms with Crippen LogP contribution < -0.4 is 14.8 Å². The van der Waals surface area contributed by atoms with Crippen LogP contribution in [0.15, 0.2) is 48.5 Å². The summed E-state index contributed by atoms with van der Waals surface area (Å²) in [5.41, 5.74) is 1.55. The Bertz CT molecular complexity index is 861. The van der Waals surface area contributed by atoms with Gasteiger partial charge in [0.2, 0.25) is 6.10 Å². The van der Waals surface area contributed by atoms with Crippen LogP contribution in [-0.2, 0) is 11.3 Å². The molecule has 0 bridgehead atoms. The number of nitrogens with one attached hydrogen (secondary N) is 1. The van der Waals surface area contributed by atoms with Gasteiger partial charge in [-0.05, 0) is 49.1 Å². The molecular formula is C22H24N2O4. The second kappa shape index (κ2) is 8.33. The fraction of sp³-hybridized carbons (Fsp3) is 0.364. The summed E-state index contributed by atoms with van der Waals surface area (Å²) in [6, 6.07) is 14.7. The number of likely N-dealkylation sites (tertiary alicyclic amines) is 1. The van der Waals surface area contributed by atoms with Crippen molar-refractivity contribution in [3.05, 3.63) is 59.7 Å². The highest BCUT2D eigenvalue weighted by Gasteiger charge is 2.27. The lowest BCUT2D eigenvalue weighted by atomic mass is 10.1. The largest absolute Gasteiger partial charge is 0.485 e. The van der Waals surface area contributed by atoms with E-state index in [2.05, 4.69) is 5.32 Å².